The molecule has 44 heavy (non-hydrogen) atoms. The van der Waals surface area contributed by atoms with Gasteiger partial charge in [0.2, 0.25) is 23.1 Å². The summed E-state index contributed by atoms with van der Waals surface area (Å²) >= 11 is 1.01. The molecule has 13 nitrogen and oxygen atoms in total. The number of ketones is 1. The zero-order chi connectivity index (χ0) is 32.2. The summed E-state index contributed by atoms with van der Waals surface area (Å²) in [4.78, 5) is 52.7. The minimum absolute atomic E-state index is 0.0226. The van der Waals surface area contributed by atoms with Crippen molar-refractivity contribution in [2.45, 2.75) is 37.8 Å². The van der Waals surface area contributed by atoms with Crippen LogP contribution in [0.15, 0.2) is 35.9 Å². The molecule has 4 rings (SSSR count). The van der Waals surface area contributed by atoms with Gasteiger partial charge in [0, 0.05) is 45.6 Å². The average Bonchev–Trinajstić information content (AvgIpc) is 3.47. The fraction of sp³-hybridized carbons (Fsp3) is 0.429. The van der Waals surface area contributed by atoms with E-state index in [1.165, 1.54) is 29.5 Å². The van der Waals surface area contributed by atoms with E-state index in [0.29, 0.717) is 30.7 Å². The molecule has 1 aromatic heterocycles. The van der Waals surface area contributed by atoms with Gasteiger partial charge in [-0.25, -0.2) is 13.6 Å². The van der Waals surface area contributed by atoms with Crippen LogP contribution in [-0.2, 0) is 20.8 Å². The van der Waals surface area contributed by atoms with Gasteiger partial charge in [-0.2, -0.15) is 0 Å². The van der Waals surface area contributed by atoms with Gasteiger partial charge < -0.3 is 25.3 Å². The molecule has 2 aromatic rings. The number of hydrogen-bond acceptors (Lipinski definition) is 9. The molecule has 1 aliphatic carbocycles. The standard InChI is InChI=1S/C28H33F2N7O6S/c1-31-28(8-6-15(7-9-28)24(40)32-10-11-36(2)27(42)43)37(3)26(41)21-23(39)22(38)18(14-33-21)25-35-34-20(44-25)12-16-4-5-17(29)13-19(16)30/h4-5,13-15,31,39H,6-12H2,1-3H3,(H,32,40)(H,33,38)(H,42,43)/p+1. The lowest BCUT2D eigenvalue weighted by Crippen LogP contribution is -2.81. The lowest BCUT2D eigenvalue weighted by molar-refractivity contribution is -0.531. The van der Waals surface area contributed by atoms with Crippen LogP contribution >= 0.6 is 11.3 Å². The monoisotopic (exact) mass is 634 g/mol. The number of carbonyl (C=O) groups is 4. The molecule has 3 amide bonds. The van der Waals surface area contributed by atoms with E-state index in [1.807, 2.05) is 0 Å². The highest BCUT2D eigenvalue weighted by Crippen LogP contribution is 2.35. The Bertz CT molecular complexity index is 1520. The third kappa shape index (κ3) is 6.92. The lowest BCUT2D eigenvalue weighted by Gasteiger charge is -2.45. The summed E-state index contributed by atoms with van der Waals surface area (Å²) in [6.07, 6.45) is 2.08. The number of quaternary nitrogens is 1. The molecular weight excluding hydrogens is 600 g/mol. The zero-order valence-electron chi connectivity index (χ0n) is 24.4. The predicted molar refractivity (Wildman–Crippen MR) is 154 cm³/mol. The molecule has 1 fully saturated rings. The molecule has 0 radical (unpaired) electrons. The smallest absolute Gasteiger partial charge is 0.407 e. The molecular formula is C28H34F2N7O6S+. The molecule has 2 heterocycles. The number of nitrogens with one attached hydrogen (secondary N) is 2. The number of halogens is 2. The highest BCUT2D eigenvalue weighted by molar-refractivity contribution is 7.12. The molecule has 1 aliphatic heterocycles. The first-order chi connectivity index (χ1) is 20.9. The Morgan fingerprint density at radius 3 is 2.52 bits per heavy atom. The topological polar surface area (TPSA) is 182 Å². The predicted octanol–water partition coefficient (Wildman–Crippen LogP) is 0.954. The van der Waals surface area contributed by atoms with Gasteiger partial charge in [0.25, 0.3) is 0 Å². The SMILES string of the molecule is CNC1(N(C)C(=O)C2=C(O)C(=O)C(c3nnc(Cc4ccc(F)cc4F)s3)=C[NH2+]2)CCC(C(=O)NCCN(C)C(=O)O)CC1. The summed E-state index contributed by atoms with van der Waals surface area (Å²) in [7, 11) is 4.67. The molecule has 0 saturated heterocycles. The van der Waals surface area contributed by atoms with Crippen molar-refractivity contribution in [2.75, 3.05) is 34.2 Å². The fourth-order valence-electron chi connectivity index (χ4n) is 5.25. The number of carbonyl (C=O) groups excluding carboxylic acids is 3. The van der Waals surface area contributed by atoms with Crippen LogP contribution in [0.4, 0.5) is 13.6 Å². The van der Waals surface area contributed by atoms with Gasteiger partial charge in [-0.15, -0.1) is 10.2 Å². The van der Waals surface area contributed by atoms with E-state index in [0.717, 1.165) is 28.4 Å². The molecule has 0 bridgehead atoms. The summed E-state index contributed by atoms with van der Waals surface area (Å²) in [6.45, 7) is 0.345. The van der Waals surface area contributed by atoms with Crippen molar-refractivity contribution in [3.8, 4) is 0 Å². The number of hydrogen-bond donors (Lipinski definition) is 5. The van der Waals surface area contributed by atoms with Crippen molar-refractivity contribution in [3.05, 3.63) is 63.1 Å². The second-order valence-corrected chi connectivity index (χ2v) is 11.7. The molecule has 0 atom stereocenters. The summed E-state index contributed by atoms with van der Waals surface area (Å²) in [6, 6.07) is 3.20. The number of aliphatic hydroxyl groups excluding tert-OH is 1. The Labute approximate surface area is 255 Å². The minimum Gasteiger partial charge on any atom is -0.500 e. The van der Waals surface area contributed by atoms with Crippen molar-refractivity contribution in [2.24, 2.45) is 5.92 Å². The maximum absolute atomic E-state index is 14.1. The molecule has 0 unspecified atom stereocenters. The highest BCUT2D eigenvalue weighted by atomic mass is 32.1. The Morgan fingerprint density at radius 1 is 1.18 bits per heavy atom. The van der Waals surface area contributed by atoms with Crippen molar-refractivity contribution >= 4 is 40.6 Å². The minimum atomic E-state index is -1.08. The number of nitrogens with zero attached hydrogens (tertiary/aromatic N) is 4. The Morgan fingerprint density at radius 2 is 1.89 bits per heavy atom. The van der Waals surface area contributed by atoms with Gasteiger partial charge in [0.05, 0.1) is 5.66 Å². The van der Waals surface area contributed by atoms with Crippen molar-refractivity contribution < 1.29 is 43.5 Å². The van der Waals surface area contributed by atoms with E-state index < -0.39 is 40.8 Å². The fourth-order valence-corrected chi connectivity index (χ4v) is 6.13. The summed E-state index contributed by atoms with van der Waals surface area (Å²) in [5, 5.41) is 35.5. The lowest BCUT2D eigenvalue weighted by atomic mass is 9.80. The number of rotatable bonds is 10. The maximum Gasteiger partial charge on any atom is 0.407 e. The number of aromatic nitrogens is 2. The van der Waals surface area contributed by atoms with Gasteiger partial charge in [-0.3, -0.25) is 25.0 Å². The number of aliphatic hydroxyl groups is 1. The third-order valence-electron chi connectivity index (χ3n) is 8.08. The van der Waals surface area contributed by atoms with Gasteiger partial charge in [0.15, 0.2) is 5.01 Å². The molecule has 2 aliphatic rings. The molecule has 1 saturated carbocycles. The maximum atomic E-state index is 14.1. The number of carboxylic acid groups (broad SMARTS) is 1. The van der Waals surface area contributed by atoms with Crippen LogP contribution in [0.25, 0.3) is 5.57 Å². The van der Waals surface area contributed by atoms with E-state index in [1.54, 1.807) is 14.1 Å². The number of amides is 3. The Balaban J connectivity index is 1.38. The van der Waals surface area contributed by atoms with Crippen LogP contribution in [0.2, 0.25) is 0 Å². The number of likely N-dealkylation sites (N-methyl/N-ethyl adjacent to an activating group) is 2. The third-order valence-corrected chi connectivity index (χ3v) is 9.04. The normalized spacial score (nSPS) is 20.2. The van der Waals surface area contributed by atoms with E-state index in [-0.39, 0.29) is 53.2 Å². The van der Waals surface area contributed by atoms with Crippen LogP contribution in [0.1, 0.15) is 41.3 Å². The van der Waals surface area contributed by atoms with Crippen molar-refractivity contribution in [1.29, 1.82) is 0 Å². The van der Waals surface area contributed by atoms with Crippen LogP contribution in [0.5, 0.6) is 0 Å². The summed E-state index contributed by atoms with van der Waals surface area (Å²) in [5.41, 5.74) is -0.805. The molecule has 16 heteroatoms. The first-order valence-corrected chi connectivity index (χ1v) is 14.7. The number of benzene rings is 1. The molecule has 236 valence electrons. The van der Waals surface area contributed by atoms with Crippen LogP contribution in [0, 0.1) is 17.6 Å². The summed E-state index contributed by atoms with van der Waals surface area (Å²) in [5.74, 6) is -4.08. The van der Waals surface area contributed by atoms with E-state index in [4.69, 9.17) is 5.11 Å². The van der Waals surface area contributed by atoms with E-state index in [2.05, 4.69) is 20.8 Å². The van der Waals surface area contributed by atoms with Crippen molar-refractivity contribution in [1.82, 2.24) is 30.6 Å². The molecule has 0 spiro atoms. The quantitative estimate of drug-likeness (QED) is 0.238. The number of allylic oxidation sites excluding steroid dienone is 1. The van der Waals surface area contributed by atoms with Crippen LogP contribution < -0.4 is 16.0 Å². The van der Waals surface area contributed by atoms with Crippen LogP contribution in [0.3, 0.4) is 0 Å². The average molecular weight is 635 g/mol. The first-order valence-electron chi connectivity index (χ1n) is 13.9. The molecule has 1 aromatic carbocycles. The molecule has 6 N–H and O–H groups in total. The van der Waals surface area contributed by atoms with Gasteiger partial charge in [0.1, 0.15) is 28.4 Å². The first kappa shape index (κ1) is 32.6. The van der Waals surface area contributed by atoms with Gasteiger partial charge >= 0.3 is 12.0 Å². The van der Waals surface area contributed by atoms with E-state index >= 15 is 0 Å². The largest absolute Gasteiger partial charge is 0.500 e. The van der Waals surface area contributed by atoms with Crippen molar-refractivity contribution in [3.63, 3.8) is 0 Å². The highest BCUT2D eigenvalue weighted by Gasteiger charge is 2.44. The number of Topliss-reactive ketones (excluding diaryl/α,β-unsaturated/α-hetero) is 1. The summed E-state index contributed by atoms with van der Waals surface area (Å²) < 4.78 is 27.3. The zero-order valence-corrected chi connectivity index (χ0v) is 25.2. The van der Waals surface area contributed by atoms with Gasteiger partial charge in [-0.05, 0) is 44.4 Å². The second kappa shape index (κ2) is 13.6. The second-order valence-electron chi connectivity index (χ2n) is 10.7. The number of nitrogens with two attached hydrogens (primary N) is 1. The van der Waals surface area contributed by atoms with E-state index in [9.17, 15) is 33.1 Å². The Hall–Kier alpha value is -4.28. The Kier molecular flexibility index (Phi) is 10.1. The van der Waals surface area contributed by atoms with Crippen LogP contribution in [-0.4, -0.2) is 93.8 Å². The van der Waals surface area contributed by atoms with Gasteiger partial charge in [-0.1, -0.05) is 17.4 Å².